The summed E-state index contributed by atoms with van der Waals surface area (Å²) in [5, 5.41) is 0. The van der Waals surface area contributed by atoms with E-state index in [9.17, 15) is 13.6 Å². The molecule has 1 amide bonds. The van der Waals surface area contributed by atoms with E-state index in [1.54, 1.807) is 25.1 Å². The Morgan fingerprint density at radius 3 is 2.30 bits per heavy atom. The van der Waals surface area contributed by atoms with Crippen LogP contribution in [-0.2, 0) is 17.8 Å². The van der Waals surface area contributed by atoms with Crippen molar-refractivity contribution in [3.63, 3.8) is 0 Å². The molecule has 6 heteroatoms. The number of nitrogens with two attached hydrogens (primary N) is 2. The van der Waals surface area contributed by atoms with Gasteiger partial charge in [-0.15, -0.1) is 0 Å². The van der Waals surface area contributed by atoms with Gasteiger partial charge in [0.05, 0.1) is 0 Å². The molecule has 0 fully saturated rings. The first-order valence-electron chi connectivity index (χ1n) is 7.14. The molecule has 2 aromatic rings. The summed E-state index contributed by atoms with van der Waals surface area (Å²) in [5.41, 5.74) is 12.6. The Balaban J connectivity index is 2.27. The lowest BCUT2D eigenvalue weighted by Crippen LogP contribution is -2.23. The Bertz CT molecular complexity index is 699. The number of halogens is 2. The largest absolute Gasteiger partial charge is 0.457 e. The molecule has 23 heavy (non-hydrogen) atoms. The maximum absolute atomic E-state index is 13.2. The van der Waals surface area contributed by atoms with Crippen LogP contribution in [0, 0.1) is 17.6 Å². The highest BCUT2D eigenvalue weighted by Crippen LogP contribution is 2.26. The second-order valence-electron chi connectivity index (χ2n) is 5.35. The van der Waals surface area contributed by atoms with Crippen molar-refractivity contribution in [1.29, 1.82) is 0 Å². The van der Waals surface area contributed by atoms with Crippen LogP contribution in [0.5, 0.6) is 11.5 Å². The third-order valence-corrected chi connectivity index (χ3v) is 3.48. The highest BCUT2D eigenvalue weighted by atomic mass is 19.1. The van der Waals surface area contributed by atoms with Crippen molar-refractivity contribution in [2.75, 3.05) is 0 Å². The minimum atomic E-state index is -0.721. The minimum Gasteiger partial charge on any atom is -0.457 e. The topological polar surface area (TPSA) is 78.3 Å². The van der Waals surface area contributed by atoms with Crippen molar-refractivity contribution in [2.24, 2.45) is 17.4 Å². The first-order valence-corrected chi connectivity index (χ1v) is 7.14. The van der Waals surface area contributed by atoms with Crippen LogP contribution in [0.25, 0.3) is 0 Å². The Morgan fingerprint density at radius 2 is 1.74 bits per heavy atom. The molecule has 0 aromatic heterocycles. The number of hydrogen-bond donors (Lipinski definition) is 2. The van der Waals surface area contributed by atoms with E-state index < -0.39 is 17.5 Å². The van der Waals surface area contributed by atoms with Gasteiger partial charge in [0.25, 0.3) is 0 Å². The van der Waals surface area contributed by atoms with Crippen molar-refractivity contribution in [2.45, 2.75) is 19.9 Å². The van der Waals surface area contributed by atoms with Gasteiger partial charge in [0.2, 0.25) is 5.91 Å². The number of ether oxygens (including phenoxy) is 1. The number of primary amides is 1. The summed E-state index contributed by atoms with van der Waals surface area (Å²) in [4.78, 5) is 11.2. The highest BCUT2D eigenvalue weighted by Gasteiger charge is 2.13. The van der Waals surface area contributed by atoms with Crippen molar-refractivity contribution in [1.82, 2.24) is 0 Å². The number of benzene rings is 2. The van der Waals surface area contributed by atoms with E-state index >= 15 is 0 Å². The Morgan fingerprint density at radius 1 is 1.09 bits per heavy atom. The van der Waals surface area contributed by atoms with Gasteiger partial charge in [0, 0.05) is 30.7 Å². The third-order valence-electron chi connectivity index (χ3n) is 3.48. The average molecular weight is 320 g/mol. The van der Waals surface area contributed by atoms with Crippen LogP contribution in [0.15, 0.2) is 36.4 Å². The molecule has 0 bridgehead atoms. The van der Waals surface area contributed by atoms with Crippen molar-refractivity contribution in [3.05, 3.63) is 59.2 Å². The smallest absolute Gasteiger partial charge is 0.220 e. The van der Waals surface area contributed by atoms with Crippen molar-refractivity contribution < 1.29 is 18.3 Å². The summed E-state index contributed by atoms with van der Waals surface area (Å²) < 4.78 is 31.9. The molecule has 2 aromatic carbocycles. The van der Waals surface area contributed by atoms with Gasteiger partial charge >= 0.3 is 0 Å². The van der Waals surface area contributed by atoms with Crippen molar-refractivity contribution >= 4 is 5.91 Å². The molecule has 2 rings (SSSR count). The SMILES string of the molecule is CC(Cc1cc(Oc2cc(F)cc(F)c2)ccc1CN)C(N)=O. The highest BCUT2D eigenvalue weighted by molar-refractivity contribution is 5.76. The summed E-state index contributed by atoms with van der Waals surface area (Å²) >= 11 is 0. The first kappa shape index (κ1) is 16.9. The Hall–Kier alpha value is -2.47. The van der Waals surface area contributed by atoms with Gasteiger partial charge in [0.15, 0.2) is 0 Å². The van der Waals surface area contributed by atoms with Crippen LogP contribution < -0.4 is 16.2 Å². The summed E-state index contributed by atoms with van der Waals surface area (Å²) in [5.74, 6) is -1.76. The van der Waals surface area contributed by atoms with Gasteiger partial charge in [-0.3, -0.25) is 4.79 Å². The van der Waals surface area contributed by atoms with E-state index in [2.05, 4.69) is 0 Å². The van der Waals surface area contributed by atoms with Crippen LogP contribution in [0.3, 0.4) is 0 Å². The zero-order valence-corrected chi connectivity index (χ0v) is 12.7. The lowest BCUT2D eigenvalue weighted by atomic mass is 9.96. The van der Waals surface area contributed by atoms with Gasteiger partial charge in [-0.25, -0.2) is 8.78 Å². The molecule has 0 saturated heterocycles. The molecule has 4 nitrogen and oxygen atoms in total. The fraction of sp³-hybridized carbons (Fsp3) is 0.235. The maximum Gasteiger partial charge on any atom is 0.220 e. The summed E-state index contributed by atoms with van der Waals surface area (Å²) in [6, 6.07) is 8.06. The van der Waals surface area contributed by atoms with Crippen LogP contribution in [-0.4, -0.2) is 5.91 Å². The summed E-state index contributed by atoms with van der Waals surface area (Å²) in [6.45, 7) is 2.02. The molecule has 122 valence electrons. The molecule has 1 unspecified atom stereocenters. The number of rotatable bonds is 6. The van der Waals surface area contributed by atoms with E-state index in [1.807, 2.05) is 0 Å². The fourth-order valence-corrected chi connectivity index (χ4v) is 2.21. The fourth-order valence-electron chi connectivity index (χ4n) is 2.21. The van der Waals surface area contributed by atoms with Crippen LogP contribution in [0.2, 0.25) is 0 Å². The molecule has 0 saturated carbocycles. The van der Waals surface area contributed by atoms with E-state index in [1.165, 1.54) is 0 Å². The normalized spacial score (nSPS) is 12.0. The van der Waals surface area contributed by atoms with E-state index in [0.29, 0.717) is 18.7 Å². The Kier molecular flexibility index (Phi) is 5.28. The van der Waals surface area contributed by atoms with E-state index in [-0.39, 0.29) is 11.7 Å². The lowest BCUT2D eigenvalue weighted by Gasteiger charge is -2.14. The number of carbonyl (C=O) groups is 1. The number of carbonyl (C=O) groups excluding carboxylic acids is 1. The Labute approximate surface area is 133 Å². The second kappa shape index (κ2) is 7.19. The number of amides is 1. The third kappa shape index (κ3) is 4.50. The van der Waals surface area contributed by atoms with Gasteiger partial charge in [-0.2, -0.15) is 0 Å². The van der Waals surface area contributed by atoms with Crippen LogP contribution in [0.4, 0.5) is 8.78 Å². The molecular weight excluding hydrogens is 302 g/mol. The second-order valence-corrected chi connectivity index (χ2v) is 5.35. The van der Waals surface area contributed by atoms with E-state index in [4.69, 9.17) is 16.2 Å². The first-order chi connectivity index (χ1) is 10.9. The van der Waals surface area contributed by atoms with Crippen LogP contribution in [0.1, 0.15) is 18.1 Å². The molecule has 0 heterocycles. The molecule has 0 radical (unpaired) electrons. The quantitative estimate of drug-likeness (QED) is 0.859. The summed E-state index contributed by atoms with van der Waals surface area (Å²) in [6.07, 6.45) is 0.413. The van der Waals surface area contributed by atoms with Gasteiger partial charge in [0.1, 0.15) is 23.1 Å². The molecule has 0 aliphatic heterocycles. The average Bonchev–Trinajstić information content (AvgIpc) is 2.46. The molecule has 0 aliphatic rings. The standard InChI is InChI=1S/C17H18F2N2O2/c1-10(17(21)22)4-12-5-15(3-2-11(12)9-20)23-16-7-13(18)6-14(19)8-16/h2-3,5-8,10H,4,9,20H2,1H3,(H2,21,22). The van der Waals surface area contributed by atoms with Gasteiger partial charge in [-0.1, -0.05) is 13.0 Å². The van der Waals surface area contributed by atoms with Crippen LogP contribution >= 0.6 is 0 Å². The molecule has 1 atom stereocenters. The molecule has 4 N–H and O–H groups in total. The maximum atomic E-state index is 13.2. The zero-order chi connectivity index (χ0) is 17.0. The number of hydrogen-bond acceptors (Lipinski definition) is 3. The van der Waals surface area contributed by atoms with Crippen molar-refractivity contribution in [3.8, 4) is 11.5 Å². The van der Waals surface area contributed by atoms with Gasteiger partial charge in [-0.05, 0) is 29.7 Å². The monoisotopic (exact) mass is 320 g/mol. The van der Waals surface area contributed by atoms with Gasteiger partial charge < -0.3 is 16.2 Å². The van der Waals surface area contributed by atoms with E-state index in [0.717, 1.165) is 29.3 Å². The predicted molar refractivity (Wildman–Crippen MR) is 82.8 cm³/mol. The lowest BCUT2D eigenvalue weighted by molar-refractivity contribution is -0.121. The molecular formula is C17H18F2N2O2. The minimum absolute atomic E-state index is 0.0527. The predicted octanol–water partition coefficient (Wildman–Crippen LogP) is 2.88. The molecule has 0 spiro atoms. The summed E-state index contributed by atoms with van der Waals surface area (Å²) in [7, 11) is 0. The molecule has 0 aliphatic carbocycles. The zero-order valence-electron chi connectivity index (χ0n) is 12.7.